The molecule has 24 heavy (non-hydrogen) atoms. The fourth-order valence-corrected chi connectivity index (χ4v) is 2.32. The van der Waals surface area contributed by atoms with Gasteiger partial charge in [-0.25, -0.2) is 5.48 Å². The number of carboxylic acid groups (broad SMARTS) is 1. The summed E-state index contributed by atoms with van der Waals surface area (Å²) in [6, 6.07) is 9.04. The topological polar surface area (TPSA) is 116 Å². The number of benzene rings is 1. The number of carbonyl (C=O) groups excluding carboxylic acids is 2. The monoisotopic (exact) mass is 336 g/mol. The molecule has 1 aromatic carbocycles. The van der Waals surface area contributed by atoms with Gasteiger partial charge in [-0.05, 0) is 31.2 Å². The largest absolute Gasteiger partial charge is 0.481 e. The molecule has 0 radical (unpaired) electrons. The molecule has 0 aromatic heterocycles. The summed E-state index contributed by atoms with van der Waals surface area (Å²) in [7, 11) is 0. The molecule has 132 valence electrons. The molecule has 1 aromatic rings. The average molecular weight is 336 g/mol. The zero-order valence-corrected chi connectivity index (χ0v) is 13.5. The maximum Gasteiger partial charge on any atom is 0.303 e. The second-order valence-electron chi connectivity index (χ2n) is 5.57. The van der Waals surface area contributed by atoms with Crippen molar-refractivity contribution in [1.29, 1.82) is 0 Å². The lowest BCUT2D eigenvalue weighted by molar-refractivity contribution is -0.139. The summed E-state index contributed by atoms with van der Waals surface area (Å²) in [5, 5.41) is 19.7. The van der Waals surface area contributed by atoms with E-state index in [1.165, 1.54) is 11.0 Å². The zero-order valence-electron chi connectivity index (χ0n) is 13.5. The first-order chi connectivity index (χ1) is 11.5. The van der Waals surface area contributed by atoms with E-state index >= 15 is 0 Å². The molecule has 0 bridgehead atoms. The standard InChI is InChI=1S/C17H24N2O5/c20-15(18-14(17(23)19-24)11-12-16(21)22)10-6-2-5-9-13-7-3-1-4-8-13/h1,3-4,7-8,14,24H,2,5-6,9-12H2,(H,18,20)(H,19,23)(H,21,22)/t14-/m1/s1. The normalized spacial score (nSPS) is 11.5. The molecule has 4 N–H and O–H groups in total. The Hall–Kier alpha value is -2.41. The molecular formula is C17H24N2O5. The summed E-state index contributed by atoms with van der Waals surface area (Å²) in [6.07, 6.45) is 3.42. The Morgan fingerprint density at radius 1 is 1.00 bits per heavy atom. The Balaban J connectivity index is 2.24. The second-order valence-corrected chi connectivity index (χ2v) is 5.57. The lowest BCUT2D eigenvalue weighted by Crippen LogP contribution is -2.46. The molecule has 2 amide bonds. The quantitative estimate of drug-likeness (QED) is 0.278. The maximum atomic E-state index is 11.8. The minimum atomic E-state index is -1.07. The number of carboxylic acids is 1. The van der Waals surface area contributed by atoms with Gasteiger partial charge in [0.05, 0.1) is 0 Å². The van der Waals surface area contributed by atoms with Crippen LogP contribution in [0.3, 0.4) is 0 Å². The van der Waals surface area contributed by atoms with Crippen LogP contribution in [-0.2, 0) is 20.8 Å². The molecule has 0 aliphatic rings. The number of unbranched alkanes of at least 4 members (excludes halogenated alkanes) is 2. The molecular weight excluding hydrogens is 312 g/mol. The van der Waals surface area contributed by atoms with E-state index in [9.17, 15) is 14.4 Å². The van der Waals surface area contributed by atoms with Gasteiger partial charge in [0.15, 0.2) is 0 Å². The van der Waals surface area contributed by atoms with Crippen LogP contribution in [0.5, 0.6) is 0 Å². The van der Waals surface area contributed by atoms with Gasteiger partial charge in [0, 0.05) is 12.8 Å². The van der Waals surface area contributed by atoms with Crippen molar-refractivity contribution in [3.05, 3.63) is 35.9 Å². The summed E-state index contributed by atoms with van der Waals surface area (Å²) in [4.78, 5) is 33.8. The number of amides is 2. The van der Waals surface area contributed by atoms with Crippen molar-refractivity contribution in [3.63, 3.8) is 0 Å². The molecule has 1 rings (SSSR count). The van der Waals surface area contributed by atoms with Gasteiger partial charge in [-0.2, -0.15) is 0 Å². The van der Waals surface area contributed by atoms with Crippen LogP contribution >= 0.6 is 0 Å². The van der Waals surface area contributed by atoms with Crippen LogP contribution in [-0.4, -0.2) is 34.1 Å². The molecule has 0 unspecified atom stereocenters. The number of rotatable bonds is 11. The van der Waals surface area contributed by atoms with Crippen LogP contribution in [0, 0.1) is 0 Å². The molecule has 0 saturated carbocycles. The number of nitrogens with one attached hydrogen (secondary N) is 2. The molecule has 0 spiro atoms. The first kappa shape index (κ1) is 19.6. The Kier molecular flexibility index (Phi) is 9.14. The van der Waals surface area contributed by atoms with Gasteiger partial charge in [0.2, 0.25) is 5.91 Å². The predicted octanol–water partition coefficient (Wildman–Crippen LogP) is 1.64. The van der Waals surface area contributed by atoms with Crippen LogP contribution in [0.2, 0.25) is 0 Å². The van der Waals surface area contributed by atoms with Crippen molar-refractivity contribution in [2.45, 2.75) is 51.0 Å². The van der Waals surface area contributed by atoms with Gasteiger partial charge in [-0.1, -0.05) is 36.8 Å². The van der Waals surface area contributed by atoms with Crippen molar-refractivity contribution >= 4 is 17.8 Å². The third-order valence-corrected chi connectivity index (χ3v) is 3.62. The second kappa shape index (κ2) is 11.2. The first-order valence-electron chi connectivity index (χ1n) is 8.02. The van der Waals surface area contributed by atoms with Crippen LogP contribution < -0.4 is 10.8 Å². The molecule has 7 heteroatoms. The van der Waals surface area contributed by atoms with Gasteiger partial charge in [0.1, 0.15) is 6.04 Å². The van der Waals surface area contributed by atoms with Gasteiger partial charge in [-0.15, -0.1) is 0 Å². The minimum absolute atomic E-state index is 0.0680. The van der Waals surface area contributed by atoms with Crippen LogP contribution in [0.4, 0.5) is 0 Å². The fraction of sp³-hybridized carbons (Fsp3) is 0.471. The first-order valence-corrected chi connectivity index (χ1v) is 8.02. The van der Waals surface area contributed by atoms with Gasteiger partial charge in [-0.3, -0.25) is 19.6 Å². The van der Waals surface area contributed by atoms with E-state index in [-0.39, 0.29) is 25.2 Å². The molecule has 0 aliphatic carbocycles. The predicted molar refractivity (Wildman–Crippen MR) is 87.3 cm³/mol. The molecule has 7 nitrogen and oxygen atoms in total. The number of hydrogen-bond donors (Lipinski definition) is 4. The van der Waals surface area contributed by atoms with Crippen LogP contribution in [0.1, 0.15) is 44.1 Å². The Morgan fingerprint density at radius 3 is 2.33 bits per heavy atom. The highest BCUT2D eigenvalue weighted by molar-refractivity contribution is 5.87. The van der Waals surface area contributed by atoms with Crippen LogP contribution in [0.25, 0.3) is 0 Å². The molecule has 0 saturated heterocycles. The van der Waals surface area contributed by atoms with Crippen molar-refractivity contribution in [2.75, 3.05) is 0 Å². The third-order valence-electron chi connectivity index (χ3n) is 3.62. The van der Waals surface area contributed by atoms with E-state index in [4.69, 9.17) is 10.3 Å². The van der Waals surface area contributed by atoms with Gasteiger partial charge < -0.3 is 10.4 Å². The summed E-state index contributed by atoms with van der Waals surface area (Å²) in [5.41, 5.74) is 2.70. The highest BCUT2D eigenvalue weighted by atomic mass is 16.5. The Labute approximate surface area is 141 Å². The summed E-state index contributed by atoms with van der Waals surface area (Å²) < 4.78 is 0. The van der Waals surface area contributed by atoms with E-state index in [2.05, 4.69) is 17.4 Å². The molecule has 0 aliphatic heterocycles. The van der Waals surface area contributed by atoms with Crippen molar-refractivity contribution in [2.24, 2.45) is 0 Å². The van der Waals surface area contributed by atoms with E-state index in [0.717, 1.165) is 19.3 Å². The fourth-order valence-electron chi connectivity index (χ4n) is 2.32. The number of hydroxylamine groups is 1. The van der Waals surface area contributed by atoms with Crippen molar-refractivity contribution in [3.8, 4) is 0 Å². The average Bonchev–Trinajstić information content (AvgIpc) is 2.58. The summed E-state index contributed by atoms with van der Waals surface area (Å²) in [5.74, 6) is -2.21. The highest BCUT2D eigenvalue weighted by Crippen LogP contribution is 2.08. The number of aliphatic carboxylic acids is 1. The summed E-state index contributed by atoms with van der Waals surface area (Å²) >= 11 is 0. The Morgan fingerprint density at radius 2 is 1.71 bits per heavy atom. The lowest BCUT2D eigenvalue weighted by Gasteiger charge is -2.15. The number of carbonyl (C=O) groups is 3. The number of aryl methyl sites for hydroxylation is 1. The smallest absolute Gasteiger partial charge is 0.303 e. The van der Waals surface area contributed by atoms with E-state index in [0.29, 0.717) is 6.42 Å². The highest BCUT2D eigenvalue weighted by Gasteiger charge is 2.21. The molecule has 0 heterocycles. The Bertz CT molecular complexity index is 533. The molecule has 1 atom stereocenters. The SMILES string of the molecule is O=C(O)CC[C@@H](NC(=O)CCCCCc1ccccc1)C(=O)NO. The lowest BCUT2D eigenvalue weighted by atomic mass is 10.1. The van der Waals surface area contributed by atoms with Crippen LogP contribution in [0.15, 0.2) is 30.3 Å². The molecule has 0 fully saturated rings. The van der Waals surface area contributed by atoms with Crippen molar-refractivity contribution in [1.82, 2.24) is 10.8 Å². The van der Waals surface area contributed by atoms with E-state index in [1.54, 1.807) is 0 Å². The van der Waals surface area contributed by atoms with Gasteiger partial charge >= 0.3 is 5.97 Å². The van der Waals surface area contributed by atoms with Crippen molar-refractivity contribution < 1.29 is 24.7 Å². The zero-order chi connectivity index (χ0) is 17.8. The van der Waals surface area contributed by atoms with E-state index < -0.39 is 17.9 Å². The number of hydrogen-bond acceptors (Lipinski definition) is 4. The minimum Gasteiger partial charge on any atom is -0.481 e. The summed E-state index contributed by atoms with van der Waals surface area (Å²) in [6.45, 7) is 0. The third kappa shape index (κ3) is 8.28. The van der Waals surface area contributed by atoms with E-state index in [1.807, 2.05) is 18.2 Å². The maximum absolute atomic E-state index is 11.8. The van der Waals surface area contributed by atoms with Gasteiger partial charge in [0.25, 0.3) is 5.91 Å².